The average Bonchev–Trinajstić information content (AvgIpc) is 3.07. The quantitative estimate of drug-likeness (QED) is 0.508. The van der Waals surface area contributed by atoms with Gasteiger partial charge in [0.1, 0.15) is 11.5 Å². The van der Waals surface area contributed by atoms with E-state index in [9.17, 15) is 0 Å². The SMILES string of the molecule is COc1ccc(-c2cc3ccccn3c2-c2ccc(OC)cc2)cc1. The van der Waals surface area contributed by atoms with E-state index in [1.807, 2.05) is 24.3 Å². The second-order valence-corrected chi connectivity index (χ2v) is 5.86. The zero-order chi connectivity index (χ0) is 17.2. The fraction of sp³-hybridized carbons (Fsp3) is 0.0909. The molecular formula is C22H19NO2. The van der Waals surface area contributed by atoms with Crippen molar-refractivity contribution in [3.63, 3.8) is 0 Å². The van der Waals surface area contributed by atoms with Crippen LogP contribution in [0.4, 0.5) is 0 Å². The van der Waals surface area contributed by atoms with Crippen molar-refractivity contribution in [1.29, 1.82) is 0 Å². The van der Waals surface area contributed by atoms with Crippen LogP contribution < -0.4 is 9.47 Å². The number of hydrogen-bond acceptors (Lipinski definition) is 2. The van der Waals surface area contributed by atoms with Crippen molar-refractivity contribution < 1.29 is 9.47 Å². The van der Waals surface area contributed by atoms with Gasteiger partial charge < -0.3 is 13.9 Å². The standard InChI is InChI=1S/C22H19NO2/c1-24-19-10-6-16(7-11-19)21-15-18-5-3-4-14-23(18)22(21)17-8-12-20(25-2)13-9-17/h3-15H,1-2H3. The molecule has 0 saturated heterocycles. The molecule has 3 heteroatoms. The van der Waals surface area contributed by atoms with Crippen molar-refractivity contribution in [2.24, 2.45) is 0 Å². The van der Waals surface area contributed by atoms with Gasteiger partial charge >= 0.3 is 0 Å². The molecule has 0 amide bonds. The molecule has 0 aliphatic carbocycles. The Morgan fingerprint density at radius 2 is 1.28 bits per heavy atom. The molecule has 0 radical (unpaired) electrons. The normalized spacial score (nSPS) is 10.8. The summed E-state index contributed by atoms with van der Waals surface area (Å²) >= 11 is 0. The van der Waals surface area contributed by atoms with Crippen molar-refractivity contribution in [2.45, 2.75) is 0 Å². The van der Waals surface area contributed by atoms with E-state index in [1.54, 1.807) is 14.2 Å². The van der Waals surface area contributed by atoms with E-state index in [1.165, 1.54) is 16.8 Å². The van der Waals surface area contributed by atoms with Crippen molar-refractivity contribution in [2.75, 3.05) is 14.2 Å². The van der Waals surface area contributed by atoms with Crippen molar-refractivity contribution in [1.82, 2.24) is 4.40 Å². The molecule has 0 aliphatic rings. The molecule has 0 aliphatic heterocycles. The Hall–Kier alpha value is -3.20. The van der Waals surface area contributed by atoms with Gasteiger partial charge in [-0.15, -0.1) is 0 Å². The summed E-state index contributed by atoms with van der Waals surface area (Å²) < 4.78 is 12.8. The van der Waals surface area contributed by atoms with Gasteiger partial charge in [0.25, 0.3) is 0 Å². The third-order valence-corrected chi connectivity index (χ3v) is 4.44. The van der Waals surface area contributed by atoms with E-state index in [4.69, 9.17) is 9.47 Å². The summed E-state index contributed by atoms with van der Waals surface area (Å²) in [4.78, 5) is 0. The molecule has 2 aromatic heterocycles. The number of nitrogens with zero attached hydrogens (tertiary/aromatic N) is 1. The highest BCUT2D eigenvalue weighted by molar-refractivity contribution is 5.87. The van der Waals surface area contributed by atoms with E-state index < -0.39 is 0 Å². The third-order valence-electron chi connectivity index (χ3n) is 4.44. The number of methoxy groups -OCH3 is 2. The smallest absolute Gasteiger partial charge is 0.118 e. The predicted molar refractivity (Wildman–Crippen MR) is 101 cm³/mol. The molecule has 0 spiro atoms. The molecule has 0 N–H and O–H groups in total. The molecular weight excluding hydrogens is 310 g/mol. The van der Waals surface area contributed by atoms with Gasteiger partial charge in [-0.25, -0.2) is 0 Å². The number of aromatic nitrogens is 1. The first-order valence-electron chi connectivity index (χ1n) is 8.19. The van der Waals surface area contributed by atoms with Crippen LogP contribution in [-0.2, 0) is 0 Å². The maximum absolute atomic E-state index is 5.29. The molecule has 0 atom stereocenters. The second kappa shape index (κ2) is 6.36. The van der Waals surface area contributed by atoms with Crippen LogP contribution in [0.3, 0.4) is 0 Å². The number of fused-ring (bicyclic) bond motifs is 1. The Bertz CT molecular complexity index is 999. The number of benzene rings is 2. The van der Waals surface area contributed by atoms with Gasteiger partial charge in [0, 0.05) is 17.3 Å². The van der Waals surface area contributed by atoms with Crippen LogP contribution >= 0.6 is 0 Å². The van der Waals surface area contributed by atoms with Gasteiger partial charge in [-0.05, 0) is 65.7 Å². The largest absolute Gasteiger partial charge is 0.497 e. The Morgan fingerprint density at radius 3 is 1.88 bits per heavy atom. The number of pyridine rings is 1. The fourth-order valence-corrected chi connectivity index (χ4v) is 3.16. The minimum atomic E-state index is 0.857. The van der Waals surface area contributed by atoms with E-state index in [2.05, 4.69) is 59.1 Å². The molecule has 4 aromatic rings. The van der Waals surface area contributed by atoms with Gasteiger partial charge in [0.05, 0.1) is 19.9 Å². The lowest BCUT2D eigenvalue weighted by atomic mass is 10.0. The van der Waals surface area contributed by atoms with Crippen LogP contribution in [0, 0.1) is 0 Å². The first-order valence-corrected chi connectivity index (χ1v) is 8.19. The van der Waals surface area contributed by atoms with Crippen LogP contribution in [0.2, 0.25) is 0 Å². The lowest BCUT2D eigenvalue weighted by Gasteiger charge is -2.09. The van der Waals surface area contributed by atoms with Crippen molar-refractivity contribution in [3.05, 3.63) is 79.0 Å². The summed E-state index contributed by atoms with van der Waals surface area (Å²) in [6.45, 7) is 0. The number of ether oxygens (including phenoxy) is 2. The molecule has 4 rings (SSSR count). The van der Waals surface area contributed by atoms with Gasteiger partial charge in [0.15, 0.2) is 0 Å². The van der Waals surface area contributed by atoms with Crippen LogP contribution in [0.25, 0.3) is 27.9 Å². The Morgan fingerprint density at radius 1 is 0.680 bits per heavy atom. The summed E-state index contributed by atoms with van der Waals surface area (Å²) in [5, 5.41) is 0. The number of rotatable bonds is 4. The third kappa shape index (κ3) is 2.74. The molecule has 0 unspecified atom stereocenters. The van der Waals surface area contributed by atoms with E-state index in [0.717, 1.165) is 22.6 Å². The summed E-state index contributed by atoms with van der Waals surface area (Å²) in [6.07, 6.45) is 2.10. The highest BCUT2D eigenvalue weighted by Crippen LogP contribution is 2.36. The Kier molecular flexibility index (Phi) is 3.90. The number of hydrogen-bond donors (Lipinski definition) is 0. The maximum atomic E-state index is 5.29. The van der Waals surface area contributed by atoms with Crippen LogP contribution in [0.15, 0.2) is 79.0 Å². The maximum Gasteiger partial charge on any atom is 0.118 e. The summed E-state index contributed by atoms with van der Waals surface area (Å²) in [5.74, 6) is 1.72. The second-order valence-electron chi connectivity index (χ2n) is 5.86. The Balaban J connectivity index is 1.93. The summed E-state index contributed by atoms with van der Waals surface area (Å²) in [7, 11) is 3.37. The molecule has 0 fully saturated rings. The highest BCUT2D eigenvalue weighted by Gasteiger charge is 2.14. The van der Waals surface area contributed by atoms with Crippen LogP contribution in [0.5, 0.6) is 11.5 Å². The topological polar surface area (TPSA) is 22.9 Å². The average molecular weight is 329 g/mol. The van der Waals surface area contributed by atoms with Crippen molar-refractivity contribution >= 4 is 5.52 Å². The first-order chi connectivity index (χ1) is 12.3. The molecule has 0 saturated carbocycles. The lowest BCUT2D eigenvalue weighted by molar-refractivity contribution is 0.414. The van der Waals surface area contributed by atoms with E-state index in [0.29, 0.717) is 0 Å². The van der Waals surface area contributed by atoms with Crippen LogP contribution in [0.1, 0.15) is 0 Å². The highest BCUT2D eigenvalue weighted by atomic mass is 16.5. The van der Waals surface area contributed by atoms with Gasteiger partial charge in [-0.1, -0.05) is 18.2 Å². The molecule has 2 aromatic carbocycles. The molecule has 25 heavy (non-hydrogen) atoms. The van der Waals surface area contributed by atoms with Gasteiger partial charge in [-0.3, -0.25) is 0 Å². The zero-order valence-electron chi connectivity index (χ0n) is 14.3. The Labute approximate surface area is 147 Å². The predicted octanol–water partition coefficient (Wildman–Crippen LogP) is 5.29. The summed E-state index contributed by atoms with van der Waals surface area (Å²) in [5.41, 5.74) is 5.84. The molecule has 124 valence electrons. The molecule has 0 bridgehead atoms. The minimum absolute atomic E-state index is 0.857. The molecule has 3 nitrogen and oxygen atoms in total. The van der Waals surface area contributed by atoms with Gasteiger partial charge in [0.2, 0.25) is 0 Å². The first kappa shape index (κ1) is 15.3. The zero-order valence-corrected chi connectivity index (χ0v) is 14.3. The fourth-order valence-electron chi connectivity index (χ4n) is 3.16. The van der Waals surface area contributed by atoms with E-state index >= 15 is 0 Å². The molecule has 2 heterocycles. The van der Waals surface area contributed by atoms with Crippen LogP contribution in [-0.4, -0.2) is 18.6 Å². The lowest BCUT2D eigenvalue weighted by Crippen LogP contribution is -1.90. The van der Waals surface area contributed by atoms with E-state index in [-0.39, 0.29) is 0 Å². The minimum Gasteiger partial charge on any atom is -0.497 e. The summed E-state index contributed by atoms with van der Waals surface area (Å²) in [6, 6.07) is 24.8. The monoisotopic (exact) mass is 329 g/mol. The van der Waals surface area contributed by atoms with Gasteiger partial charge in [-0.2, -0.15) is 0 Å². The van der Waals surface area contributed by atoms with Crippen molar-refractivity contribution in [3.8, 4) is 33.9 Å².